The molecule has 1 aliphatic carbocycles. The van der Waals surface area contributed by atoms with Crippen LogP contribution in [0.15, 0.2) is 48.5 Å². The van der Waals surface area contributed by atoms with Gasteiger partial charge in [-0.25, -0.2) is 0 Å². The van der Waals surface area contributed by atoms with Crippen LogP contribution in [0, 0.1) is 12.8 Å². The molecule has 0 radical (unpaired) electrons. The number of nitrogens with one attached hydrogen (secondary N) is 1. The predicted molar refractivity (Wildman–Crippen MR) is 78.6 cm³/mol. The molecule has 0 saturated carbocycles. The van der Waals surface area contributed by atoms with E-state index in [2.05, 4.69) is 60.9 Å². The monoisotopic (exact) mass is 252 g/mol. The van der Waals surface area contributed by atoms with Crippen LogP contribution < -0.4 is 11.3 Å². The molecule has 0 aromatic heterocycles. The third kappa shape index (κ3) is 2.42. The van der Waals surface area contributed by atoms with Gasteiger partial charge in [0.2, 0.25) is 0 Å². The van der Waals surface area contributed by atoms with Crippen LogP contribution in [0.1, 0.15) is 28.3 Å². The van der Waals surface area contributed by atoms with Crippen LogP contribution in [-0.2, 0) is 12.8 Å². The average Bonchev–Trinajstić information content (AvgIpc) is 2.85. The Hall–Kier alpha value is -1.64. The Balaban J connectivity index is 1.83. The number of hydrazine groups is 1. The van der Waals surface area contributed by atoms with Crippen LogP contribution in [0.5, 0.6) is 0 Å². The van der Waals surface area contributed by atoms with Crippen molar-refractivity contribution in [3.8, 4) is 0 Å². The first-order chi connectivity index (χ1) is 9.28. The molecule has 2 aromatic carbocycles. The van der Waals surface area contributed by atoms with Gasteiger partial charge in [0.1, 0.15) is 0 Å². The maximum absolute atomic E-state index is 5.81. The largest absolute Gasteiger partial charge is 0.271 e. The summed E-state index contributed by atoms with van der Waals surface area (Å²) < 4.78 is 0. The Morgan fingerprint density at radius 3 is 2.11 bits per heavy atom. The van der Waals surface area contributed by atoms with Gasteiger partial charge in [-0.15, -0.1) is 0 Å². The number of fused-ring (bicyclic) bond motifs is 1. The minimum Gasteiger partial charge on any atom is -0.271 e. The lowest BCUT2D eigenvalue weighted by Crippen LogP contribution is -2.34. The second-order valence-corrected chi connectivity index (χ2v) is 5.49. The molecule has 3 N–H and O–H groups in total. The highest BCUT2D eigenvalue weighted by atomic mass is 15.2. The number of aryl methyl sites for hydroxylation is 1. The highest BCUT2D eigenvalue weighted by Crippen LogP contribution is 2.34. The molecule has 0 bridgehead atoms. The fourth-order valence-corrected chi connectivity index (χ4v) is 3.11. The average molecular weight is 252 g/mol. The minimum atomic E-state index is 0.230. The fourth-order valence-electron chi connectivity index (χ4n) is 3.11. The summed E-state index contributed by atoms with van der Waals surface area (Å²) in [5, 5.41) is 0. The van der Waals surface area contributed by atoms with Crippen molar-refractivity contribution in [2.75, 3.05) is 0 Å². The van der Waals surface area contributed by atoms with Crippen LogP contribution in [0.4, 0.5) is 0 Å². The second-order valence-electron chi connectivity index (χ2n) is 5.49. The molecule has 1 aliphatic rings. The maximum atomic E-state index is 5.81. The SMILES string of the molecule is Cc1ccc(C(NN)C2Cc3ccccc3C2)cc1. The Bertz CT molecular complexity index is 535. The van der Waals surface area contributed by atoms with Crippen LogP contribution in [0.25, 0.3) is 0 Å². The summed E-state index contributed by atoms with van der Waals surface area (Å²) in [5.74, 6) is 6.35. The zero-order valence-electron chi connectivity index (χ0n) is 11.3. The van der Waals surface area contributed by atoms with Gasteiger partial charge >= 0.3 is 0 Å². The molecule has 0 aliphatic heterocycles. The number of nitrogens with two attached hydrogens (primary N) is 1. The van der Waals surface area contributed by atoms with E-state index in [1.807, 2.05) is 0 Å². The van der Waals surface area contributed by atoms with Gasteiger partial charge in [0.25, 0.3) is 0 Å². The predicted octanol–water partition coefficient (Wildman–Crippen LogP) is 2.91. The molecule has 0 heterocycles. The lowest BCUT2D eigenvalue weighted by atomic mass is 9.90. The fraction of sp³-hybridized carbons (Fsp3) is 0.294. The molecule has 2 heteroatoms. The maximum Gasteiger partial charge on any atom is 0.0494 e. The third-order valence-corrected chi connectivity index (χ3v) is 4.17. The molecule has 0 saturated heterocycles. The molecule has 0 fully saturated rings. The summed E-state index contributed by atoms with van der Waals surface area (Å²) in [7, 11) is 0. The smallest absolute Gasteiger partial charge is 0.0494 e. The first-order valence-corrected chi connectivity index (χ1v) is 6.87. The summed E-state index contributed by atoms with van der Waals surface area (Å²) in [6, 6.07) is 17.6. The van der Waals surface area contributed by atoms with E-state index in [0.717, 1.165) is 12.8 Å². The van der Waals surface area contributed by atoms with Crippen LogP contribution in [0.2, 0.25) is 0 Å². The Kier molecular flexibility index (Phi) is 3.36. The van der Waals surface area contributed by atoms with E-state index in [1.54, 1.807) is 0 Å². The molecule has 0 spiro atoms. The van der Waals surface area contributed by atoms with Crippen molar-refractivity contribution >= 4 is 0 Å². The summed E-state index contributed by atoms with van der Waals surface area (Å²) >= 11 is 0. The summed E-state index contributed by atoms with van der Waals surface area (Å²) in [6.07, 6.45) is 2.22. The lowest BCUT2D eigenvalue weighted by Gasteiger charge is -2.23. The summed E-state index contributed by atoms with van der Waals surface area (Å²) in [4.78, 5) is 0. The van der Waals surface area contributed by atoms with E-state index in [4.69, 9.17) is 5.84 Å². The molecule has 98 valence electrons. The van der Waals surface area contributed by atoms with Gasteiger partial charge < -0.3 is 0 Å². The lowest BCUT2D eigenvalue weighted by molar-refractivity contribution is 0.379. The van der Waals surface area contributed by atoms with Gasteiger partial charge in [0.05, 0.1) is 0 Å². The highest BCUT2D eigenvalue weighted by molar-refractivity contribution is 5.34. The van der Waals surface area contributed by atoms with Gasteiger partial charge in [-0.1, -0.05) is 54.1 Å². The van der Waals surface area contributed by atoms with E-state index in [1.165, 1.54) is 22.3 Å². The molecule has 2 aromatic rings. The molecular weight excluding hydrogens is 232 g/mol. The van der Waals surface area contributed by atoms with Gasteiger partial charge in [0.15, 0.2) is 0 Å². The number of rotatable bonds is 3. The van der Waals surface area contributed by atoms with Crippen molar-refractivity contribution in [1.29, 1.82) is 0 Å². The molecular formula is C17H20N2. The number of benzene rings is 2. The first-order valence-electron chi connectivity index (χ1n) is 6.87. The molecule has 1 unspecified atom stereocenters. The van der Waals surface area contributed by atoms with Gasteiger partial charge in [-0.05, 0) is 42.4 Å². The first kappa shape index (κ1) is 12.4. The van der Waals surface area contributed by atoms with E-state index < -0.39 is 0 Å². The van der Waals surface area contributed by atoms with E-state index >= 15 is 0 Å². The Morgan fingerprint density at radius 1 is 1.00 bits per heavy atom. The van der Waals surface area contributed by atoms with Crippen molar-refractivity contribution in [3.63, 3.8) is 0 Å². The normalized spacial score (nSPS) is 16.3. The van der Waals surface area contributed by atoms with Crippen molar-refractivity contribution in [1.82, 2.24) is 5.43 Å². The van der Waals surface area contributed by atoms with Crippen molar-refractivity contribution in [2.45, 2.75) is 25.8 Å². The zero-order valence-corrected chi connectivity index (χ0v) is 11.3. The topological polar surface area (TPSA) is 38.0 Å². The third-order valence-electron chi connectivity index (χ3n) is 4.17. The van der Waals surface area contributed by atoms with Crippen LogP contribution in [0.3, 0.4) is 0 Å². The summed E-state index contributed by atoms with van der Waals surface area (Å²) in [5.41, 5.74) is 8.53. The number of hydrogen-bond acceptors (Lipinski definition) is 2. The zero-order chi connectivity index (χ0) is 13.2. The quantitative estimate of drug-likeness (QED) is 0.651. The van der Waals surface area contributed by atoms with Crippen LogP contribution >= 0.6 is 0 Å². The van der Waals surface area contributed by atoms with E-state index in [0.29, 0.717) is 5.92 Å². The van der Waals surface area contributed by atoms with Gasteiger partial charge in [0, 0.05) is 6.04 Å². The van der Waals surface area contributed by atoms with Crippen molar-refractivity contribution in [3.05, 3.63) is 70.8 Å². The van der Waals surface area contributed by atoms with E-state index in [-0.39, 0.29) is 6.04 Å². The minimum absolute atomic E-state index is 0.230. The highest BCUT2D eigenvalue weighted by Gasteiger charge is 2.28. The van der Waals surface area contributed by atoms with Crippen molar-refractivity contribution in [2.24, 2.45) is 11.8 Å². The van der Waals surface area contributed by atoms with Crippen LogP contribution in [-0.4, -0.2) is 0 Å². The molecule has 1 atom stereocenters. The Morgan fingerprint density at radius 2 is 1.58 bits per heavy atom. The Labute approximate surface area is 114 Å². The molecule has 3 rings (SSSR count). The molecule has 19 heavy (non-hydrogen) atoms. The molecule has 0 amide bonds. The molecule has 2 nitrogen and oxygen atoms in total. The van der Waals surface area contributed by atoms with Gasteiger partial charge in [-0.2, -0.15) is 0 Å². The van der Waals surface area contributed by atoms with Crippen molar-refractivity contribution < 1.29 is 0 Å². The van der Waals surface area contributed by atoms with Gasteiger partial charge in [-0.3, -0.25) is 11.3 Å². The van der Waals surface area contributed by atoms with E-state index in [9.17, 15) is 0 Å². The number of hydrogen-bond donors (Lipinski definition) is 2. The second kappa shape index (κ2) is 5.16. The summed E-state index contributed by atoms with van der Waals surface area (Å²) in [6.45, 7) is 2.11. The standard InChI is InChI=1S/C17H20N2/c1-12-6-8-13(9-7-12)17(19-18)16-10-14-4-2-3-5-15(14)11-16/h2-9,16-17,19H,10-11,18H2,1H3.